The number of rotatable bonds is 5. The molecule has 1 aliphatic heterocycles. The maximum atomic E-state index is 9.94. The number of hydrogen-bond donors (Lipinski definition) is 3. The van der Waals surface area contributed by atoms with Gasteiger partial charge in [0, 0.05) is 26.2 Å². The predicted molar refractivity (Wildman–Crippen MR) is 75.5 cm³/mol. The summed E-state index contributed by atoms with van der Waals surface area (Å²) in [5.41, 5.74) is 0.876. The molecule has 1 aromatic carbocycles. The summed E-state index contributed by atoms with van der Waals surface area (Å²) < 4.78 is 10.3. The van der Waals surface area contributed by atoms with Crippen molar-refractivity contribution in [1.29, 1.82) is 0 Å². The summed E-state index contributed by atoms with van der Waals surface area (Å²) in [6.45, 7) is 3.57. The maximum absolute atomic E-state index is 9.94. The smallest absolute Gasteiger partial charge is 0.200 e. The molecule has 0 saturated carbocycles. The van der Waals surface area contributed by atoms with Crippen LogP contribution in [0.15, 0.2) is 12.1 Å². The van der Waals surface area contributed by atoms with Crippen LogP contribution in [0.25, 0.3) is 0 Å². The van der Waals surface area contributed by atoms with E-state index in [1.807, 2.05) is 0 Å². The van der Waals surface area contributed by atoms with Gasteiger partial charge in [-0.05, 0) is 17.7 Å². The van der Waals surface area contributed by atoms with Gasteiger partial charge >= 0.3 is 0 Å². The van der Waals surface area contributed by atoms with Crippen molar-refractivity contribution < 1.29 is 19.7 Å². The first kappa shape index (κ1) is 14.9. The summed E-state index contributed by atoms with van der Waals surface area (Å²) >= 11 is 0. The molecular formula is C14H22N2O4. The minimum Gasteiger partial charge on any atom is -0.502 e. The maximum Gasteiger partial charge on any atom is 0.200 e. The van der Waals surface area contributed by atoms with E-state index in [0.29, 0.717) is 11.5 Å². The normalized spacial score (nSPS) is 17.8. The average Bonchev–Trinajstić information content (AvgIpc) is 2.50. The van der Waals surface area contributed by atoms with E-state index in [9.17, 15) is 10.2 Å². The number of ether oxygens (including phenoxy) is 2. The van der Waals surface area contributed by atoms with Crippen LogP contribution in [0, 0.1) is 0 Å². The molecule has 0 unspecified atom stereocenters. The van der Waals surface area contributed by atoms with Crippen LogP contribution in [0.1, 0.15) is 11.6 Å². The standard InChI is InChI=1S/C14H22N2O4/c1-19-12-7-10(8-13(20-2)14(12)18)11(9-17)16-5-3-15-4-6-16/h7-8,11,15,17-18H,3-6,9H2,1-2H3/t11-/m1/s1. The van der Waals surface area contributed by atoms with E-state index in [4.69, 9.17) is 9.47 Å². The van der Waals surface area contributed by atoms with Crippen molar-refractivity contribution in [3.63, 3.8) is 0 Å². The number of nitrogens with zero attached hydrogens (tertiary/aromatic N) is 1. The number of aliphatic hydroxyl groups excluding tert-OH is 1. The molecule has 1 aliphatic rings. The van der Waals surface area contributed by atoms with Crippen LogP contribution < -0.4 is 14.8 Å². The highest BCUT2D eigenvalue weighted by Crippen LogP contribution is 2.39. The number of phenolic OH excluding ortho intramolecular Hbond substituents is 1. The van der Waals surface area contributed by atoms with E-state index >= 15 is 0 Å². The van der Waals surface area contributed by atoms with Crippen molar-refractivity contribution in [2.75, 3.05) is 47.0 Å². The van der Waals surface area contributed by atoms with Crippen LogP contribution in [-0.2, 0) is 0 Å². The molecule has 1 aromatic rings. The predicted octanol–water partition coefficient (Wildman–Crippen LogP) is 0.348. The van der Waals surface area contributed by atoms with Crippen LogP contribution in [-0.4, -0.2) is 62.1 Å². The van der Waals surface area contributed by atoms with Gasteiger partial charge in [-0.2, -0.15) is 0 Å². The minimum absolute atomic E-state index is 0.0110. The number of aromatic hydroxyl groups is 1. The highest BCUT2D eigenvalue weighted by atomic mass is 16.5. The van der Waals surface area contributed by atoms with E-state index < -0.39 is 0 Å². The molecule has 6 heteroatoms. The van der Waals surface area contributed by atoms with Crippen molar-refractivity contribution in [1.82, 2.24) is 10.2 Å². The zero-order chi connectivity index (χ0) is 14.5. The van der Waals surface area contributed by atoms with Gasteiger partial charge in [-0.25, -0.2) is 0 Å². The van der Waals surface area contributed by atoms with Crippen LogP contribution in [0.5, 0.6) is 17.2 Å². The van der Waals surface area contributed by atoms with Gasteiger partial charge in [0.1, 0.15) is 0 Å². The second-order valence-corrected chi connectivity index (χ2v) is 4.76. The Morgan fingerprint density at radius 1 is 1.20 bits per heavy atom. The molecule has 3 N–H and O–H groups in total. The van der Waals surface area contributed by atoms with Crippen LogP contribution in [0.4, 0.5) is 0 Å². The number of piperazine rings is 1. The number of phenols is 1. The Kier molecular flexibility index (Phi) is 5.05. The second kappa shape index (κ2) is 6.78. The third-order valence-corrected chi connectivity index (χ3v) is 3.65. The summed E-state index contributed by atoms with van der Waals surface area (Å²) in [7, 11) is 2.99. The quantitative estimate of drug-likeness (QED) is 0.723. The van der Waals surface area contributed by atoms with E-state index in [1.165, 1.54) is 14.2 Å². The van der Waals surface area contributed by atoms with E-state index in [0.717, 1.165) is 31.7 Å². The molecule has 0 aromatic heterocycles. The van der Waals surface area contributed by atoms with Gasteiger partial charge < -0.3 is 25.0 Å². The zero-order valence-electron chi connectivity index (χ0n) is 11.9. The summed E-state index contributed by atoms with van der Waals surface area (Å²) in [6, 6.07) is 3.38. The molecule has 0 aliphatic carbocycles. The largest absolute Gasteiger partial charge is 0.502 e. The molecule has 112 valence electrons. The monoisotopic (exact) mass is 282 g/mol. The molecule has 1 saturated heterocycles. The number of aliphatic hydroxyl groups is 1. The molecule has 0 radical (unpaired) electrons. The number of nitrogens with one attached hydrogen (secondary N) is 1. The molecule has 1 atom stereocenters. The lowest BCUT2D eigenvalue weighted by Gasteiger charge is -2.34. The molecule has 0 bridgehead atoms. The zero-order valence-corrected chi connectivity index (χ0v) is 11.9. The third-order valence-electron chi connectivity index (χ3n) is 3.65. The van der Waals surface area contributed by atoms with Gasteiger partial charge in [0.05, 0.1) is 26.9 Å². The van der Waals surface area contributed by atoms with Gasteiger partial charge in [-0.1, -0.05) is 0 Å². The number of methoxy groups -OCH3 is 2. The fourth-order valence-electron chi connectivity index (χ4n) is 2.53. The molecule has 1 fully saturated rings. The fourth-order valence-corrected chi connectivity index (χ4v) is 2.53. The van der Waals surface area contributed by atoms with E-state index in [-0.39, 0.29) is 18.4 Å². The Balaban J connectivity index is 2.33. The summed E-state index contributed by atoms with van der Waals surface area (Å²) in [5, 5.41) is 23.0. The second-order valence-electron chi connectivity index (χ2n) is 4.76. The highest BCUT2D eigenvalue weighted by Gasteiger charge is 2.24. The number of hydrogen-bond acceptors (Lipinski definition) is 6. The van der Waals surface area contributed by atoms with Gasteiger partial charge in [-0.3, -0.25) is 4.90 Å². The van der Waals surface area contributed by atoms with Crippen LogP contribution >= 0.6 is 0 Å². The summed E-state index contributed by atoms with van der Waals surface area (Å²) in [5.74, 6) is 0.691. The first-order chi connectivity index (χ1) is 9.71. The molecule has 0 spiro atoms. The van der Waals surface area contributed by atoms with Gasteiger partial charge in [-0.15, -0.1) is 0 Å². The van der Waals surface area contributed by atoms with Gasteiger partial charge in [0.25, 0.3) is 0 Å². The molecule has 6 nitrogen and oxygen atoms in total. The van der Waals surface area contributed by atoms with Crippen LogP contribution in [0.2, 0.25) is 0 Å². The topological polar surface area (TPSA) is 74.2 Å². The summed E-state index contributed by atoms with van der Waals surface area (Å²) in [6.07, 6.45) is 0. The Bertz CT molecular complexity index is 422. The minimum atomic E-state index is -0.125. The van der Waals surface area contributed by atoms with Crippen molar-refractivity contribution >= 4 is 0 Å². The number of benzene rings is 1. The Labute approximate surface area is 118 Å². The first-order valence-electron chi connectivity index (χ1n) is 6.71. The van der Waals surface area contributed by atoms with Gasteiger partial charge in [0.15, 0.2) is 11.5 Å². The van der Waals surface area contributed by atoms with Crippen molar-refractivity contribution in [2.45, 2.75) is 6.04 Å². The SMILES string of the molecule is COc1cc([C@@H](CO)N2CCNCC2)cc(OC)c1O. The average molecular weight is 282 g/mol. The fraction of sp³-hybridized carbons (Fsp3) is 0.571. The van der Waals surface area contributed by atoms with Gasteiger partial charge in [0.2, 0.25) is 5.75 Å². The third kappa shape index (κ3) is 2.98. The molecule has 20 heavy (non-hydrogen) atoms. The Morgan fingerprint density at radius 3 is 2.20 bits per heavy atom. The first-order valence-corrected chi connectivity index (χ1v) is 6.71. The molecule has 0 amide bonds. The lowest BCUT2D eigenvalue weighted by atomic mass is 10.0. The lowest BCUT2D eigenvalue weighted by molar-refractivity contribution is 0.110. The van der Waals surface area contributed by atoms with Crippen molar-refractivity contribution in [3.05, 3.63) is 17.7 Å². The highest BCUT2D eigenvalue weighted by molar-refractivity contribution is 5.53. The summed E-state index contributed by atoms with van der Waals surface area (Å²) in [4.78, 5) is 2.21. The van der Waals surface area contributed by atoms with E-state index in [2.05, 4.69) is 10.2 Å². The van der Waals surface area contributed by atoms with Crippen LogP contribution in [0.3, 0.4) is 0 Å². The van der Waals surface area contributed by atoms with E-state index in [1.54, 1.807) is 12.1 Å². The Morgan fingerprint density at radius 2 is 1.75 bits per heavy atom. The molecule has 1 heterocycles. The molecular weight excluding hydrogens is 260 g/mol. The Hall–Kier alpha value is -1.50. The van der Waals surface area contributed by atoms with Crippen molar-refractivity contribution in [3.8, 4) is 17.2 Å². The van der Waals surface area contributed by atoms with Crippen molar-refractivity contribution in [2.24, 2.45) is 0 Å². The molecule has 2 rings (SSSR count). The lowest BCUT2D eigenvalue weighted by Crippen LogP contribution is -2.46.